The van der Waals surface area contributed by atoms with Crippen molar-refractivity contribution < 1.29 is 14.3 Å². The molecule has 1 aromatic carbocycles. The van der Waals surface area contributed by atoms with Gasteiger partial charge in [0.2, 0.25) is 0 Å². The fourth-order valence-electron chi connectivity index (χ4n) is 3.50. The smallest absolute Gasteiger partial charge is 0.255 e. The van der Waals surface area contributed by atoms with Gasteiger partial charge in [0, 0.05) is 18.1 Å². The van der Waals surface area contributed by atoms with Crippen molar-refractivity contribution in [2.45, 2.75) is 43.8 Å². The summed E-state index contributed by atoms with van der Waals surface area (Å²) in [4.78, 5) is 12.5. The molecule has 0 spiro atoms. The average Bonchev–Trinajstić information content (AvgIpc) is 2.85. The number of methoxy groups -OCH3 is 2. The van der Waals surface area contributed by atoms with Crippen molar-refractivity contribution in [3.63, 3.8) is 0 Å². The number of rotatable bonds is 4. The van der Waals surface area contributed by atoms with Gasteiger partial charge in [-0.1, -0.05) is 6.07 Å². The van der Waals surface area contributed by atoms with Crippen molar-refractivity contribution in [2.24, 2.45) is 0 Å². The quantitative estimate of drug-likeness (QED) is 0.886. The summed E-state index contributed by atoms with van der Waals surface area (Å²) in [5.41, 5.74) is 0.530. The molecule has 2 N–H and O–H groups in total. The zero-order chi connectivity index (χ0) is 14.8. The summed E-state index contributed by atoms with van der Waals surface area (Å²) in [6.45, 7) is 0. The molecule has 0 radical (unpaired) electrons. The molecule has 3 rings (SSSR count). The maximum Gasteiger partial charge on any atom is 0.255 e. The van der Waals surface area contributed by atoms with E-state index in [9.17, 15) is 4.79 Å². The fourth-order valence-corrected chi connectivity index (χ4v) is 3.50. The SMILES string of the molecule is COc1cccc(C(=O)NC2C[C@H]3CC[C@@H](C2)N3)c1OC. The molecule has 1 aromatic rings. The van der Waals surface area contributed by atoms with Crippen LogP contribution in [0.3, 0.4) is 0 Å². The van der Waals surface area contributed by atoms with Crippen LogP contribution in [0, 0.1) is 0 Å². The summed E-state index contributed by atoms with van der Waals surface area (Å²) in [7, 11) is 3.13. The predicted molar refractivity (Wildman–Crippen MR) is 80.0 cm³/mol. The highest BCUT2D eigenvalue weighted by Gasteiger charge is 2.34. The zero-order valence-electron chi connectivity index (χ0n) is 12.5. The summed E-state index contributed by atoms with van der Waals surface area (Å²) in [6, 6.07) is 6.73. The van der Waals surface area contributed by atoms with E-state index < -0.39 is 0 Å². The Labute approximate surface area is 125 Å². The Morgan fingerprint density at radius 1 is 1.19 bits per heavy atom. The lowest BCUT2D eigenvalue weighted by molar-refractivity contribution is 0.0920. The number of para-hydroxylation sites is 1. The number of amides is 1. The van der Waals surface area contributed by atoms with Crippen molar-refractivity contribution in [2.75, 3.05) is 14.2 Å². The molecule has 3 atom stereocenters. The first-order valence-corrected chi connectivity index (χ1v) is 7.49. The molecule has 1 unspecified atom stereocenters. The Morgan fingerprint density at radius 2 is 1.90 bits per heavy atom. The molecular formula is C16H22N2O3. The van der Waals surface area contributed by atoms with Crippen molar-refractivity contribution in [1.29, 1.82) is 0 Å². The van der Waals surface area contributed by atoms with E-state index in [1.807, 2.05) is 6.07 Å². The van der Waals surface area contributed by atoms with Crippen molar-refractivity contribution in [3.8, 4) is 11.5 Å². The predicted octanol–water partition coefficient (Wildman–Crippen LogP) is 1.72. The van der Waals surface area contributed by atoms with Crippen molar-refractivity contribution >= 4 is 5.91 Å². The second kappa shape index (κ2) is 5.93. The molecule has 5 heteroatoms. The van der Waals surface area contributed by atoms with Gasteiger partial charge in [-0.2, -0.15) is 0 Å². The van der Waals surface area contributed by atoms with Crippen LogP contribution in [-0.4, -0.2) is 38.3 Å². The third-order valence-electron chi connectivity index (χ3n) is 4.46. The van der Waals surface area contributed by atoms with Gasteiger partial charge < -0.3 is 20.1 Å². The second-order valence-corrected chi connectivity index (χ2v) is 5.82. The largest absolute Gasteiger partial charge is 0.493 e. The van der Waals surface area contributed by atoms with Crippen molar-refractivity contribution in [1.82, 2.24) is 10.6 Å². The highest BCUT2D eigenvalue weighted by Crippen LogP contribution is 2.31. The number of benzene rings is 1. The van der Waals surface area contributed by atoms with Crippen LogP contribution in [0.1, 0.15) is 36.0 Å². The molecule has 0 aromatic heterocycles. The molecule has 2 heterocycles. The number of nitrogens with one attached hydrogen (secondary N) is 2. The number of carbonyl (C=O) groups excluding carboxylic acids is 1. The number of ether oxygens (including phenoxy) is 2. The monoisotopic (exact) mass is 290 g/mol. The van der Waals surface area contributed by atoms with Crippen LogP contribution in [0.15, 0.2) is 18.2 Å². The molecule has 2 aliphatic heterocycles. The summed E-state index contributed by atoms with van der Waals surface area (Å²) in [5, 5.41) is 6.73. The maximum atomic E-state index is 12.5. The summed E-state index contributed by atoms with van der Waals surface area (Å²) >= 11 is 0. The minimum Gasteiger partial charge on any atom is -0.493 e. The Bertz CT molecular complexity index is 520. The molecule has 1 amide bonds. The topological polar surface area (TPSA) is 59.6 Å². The van der Waals surface area contributed by atoms with Gasteiger partial charge in [-0.25, -0.2) is 0 Å². The van der Waals surface area contributed by atoms with Crippen LogP contribution < -0.4 is 20.1 Å². The van der Waals surface area contributed by atoms with Gasteiger partial charge in [0.1, 0.15) is 0 Å². The minimum atomic E-state index is -0.0861. The lowest BCUT2D eigenvalue weighted by Gasteiger charge is -2.29. The van der Waals surface area contributed by atoms with E-state index in [2.05, 4.69) is 10.6 Å². The minimum absolute atomic E-state index is 0.0861. The van der Waals surface area contributed by atoms with E-state index in [0.717, 1.165) is 12.8 Å². The Balaban J connectivity index is 1.73. The van der Waals surface area contributed by atoms with E-state index in [0.29, 0.717) is 29.1 Å². The lowest BCUT2D eigenvalue weighted by atomic mass is 9.99. The first kappa shape index (κ1) is 14.2. The van der Waals surface area contributed by atoms with E-state index in [4.69, 9.17) is 9.47 Å². The molecule has 2 saturated heterocycles. The van der Waals surface area contributed by atoms with Crippen LogP contribution in [0.5, 0.6) is 11.5 Å². The second-order valence-electron chi connectivity index (χ2n) is 5.82. The number of piperidine rings is 1. The van der Waals surface area contributed by atoms with E-state index in [1.165, 1.54) is 12.8 Å². The van der Waals surface area contributed by atoms with Gasteiger partial charge in [-0.15, -0.1) is 0 Å². The van der Waals surface area contributed by atoms with Crippen molar-refractivity contribution in [3.05, 3.63) is 23.8 Å². The van der Waals surface area contributed by atoms with Crippen LogP contribution >= 0.6 is 0 Å². The van der Waals surface area contributed by atoms with Gasteiger partial charge in [0.15, 0.2) is 11.5 Å². The normalized spacial score (nSPS) is 27.2. The molecule has 0 aliphatic carbocycles. The third-order valence-corrected chi connectivity index (χ3v) is 4.46. The van der Waals surface area contributed by atoms with Gasteiger partial charge in [-0.3, -0.25) is 4.79 Å². The lowest BCUT2D eigenvalue weighted by Crippen LogP contribution is -2.48. The molecule has 5 nitrogen and oxygen atoms in total. The number of hydrogen-bond donors (Lipinski definition) is 2. The van der Waals surface area contributed by atoms with E-state index >= 15 is 0 Å². The first-order chi connectivity index (χ1) is 10.2. The molecule has 2 aliphatic rings. The van der Waals surface area contributed by atoms with Gasteiger partial charge in [0.25, 0.3) is 5.91 Å². The van der Waals surface area contributed by atoms with Crippen LogP contribution in [-0.2, 0) is 0 Å². The molecule has 2 fully saturated rings. The number of carbonyl (C=O) groups is 1. The van der Waals surface area contributed by atoms with E-state index in [-0.39, 0.29) is 11.9 Å². The number of fused-ring (bicyclic) bond motifs is 2. The standard InChI is InChI=1S/C16H22N2O3/c1-20-14-5-3-4-13(15(14)21-2)16(19)18-12-8-10-6-7-11(9-12)17-10/h3-5,10-12,17H,6-9H2,1-2H3,(H,18,19)/t10-,11+,12?. The Hall–Kier alpha value is -1.75. The highest BCUT2D eigenvalue weighted by atomic mass is 16.5. The molecule has 0 saturated carbocycles. The highest BCUT2D eigenvalue weighted by molar-refractivity contribution is 5.98. The van der Waals surface area contributed by atoms with E-state index in [1.54, 1.807) is 26.4 Å². The zero-order valence-corrected chi connectivity index (χ0v) is 12.5. The summed E-state index contributed by atoms with van der Waals surface area (Å²) < 4.78 is 10.6. The van der Waals surface area contributed by atoms with Crippen LogP contribution in [0.2, 0.25) is 0 Å². The number of hydrogen-bond acceptors (Lipinski definition) is 4. The molecule has 2 bridgehead atoms. The van der Waals surface area contributed by atoms with Crippen LogP contribution in [0.25, 0.3) is 0 Å². The van der Waals surface area contributed by atoms with Crippen LogP contribution in [0.4, 0.5) is 0 Å². The third kappa shape index (κ3) is 2.83. The summed E-state index contributed by atoms with van der Waals surface area (Å²) in [6.07, 6.45) is 4.46. The molecular weight excluding hydrogens is 268 g/mol. The Morgan fingerprint density at radius 3 is 2.52 bits per heavy atom. The molecule has 114 valence electrons. The fraction of sp³-hybridized carbons (Fsp3) is 0.562. The van der Waals surface area contributed by atoms with Gasteiger partial charge in [0.05, 0.1) is 19.8 Å². The average molecular weight is 290 g/mol. The Kier molecular flexibility index (Phi) is 4.01. The first-order valence-electron chi connectivity index (χ1n) is 7.49. The summed E-state index contributed by atoms with van der Waals surface area (Å²) in [5.74, 6) is 0.988. The van der Waals surface area contributed by atoms with Gasteiger partial charge >= 0.3 is 0 Å². The van der Waals surface area contributed by atoms with Gasteiger partial charge in [-0.05, 0) is 37.8 Å². The maximum absolute atomic E-state index is 12.5. The molecule has 21 heavy (non-hydrogen) atoms.